The maximum atomic E-state index is 12.0. The first kappa shape index (κ1) is 16.4. The molecule has 6 nitrogen and oxygen atoms in total. The minimum atomic E-state index is -0.339. The second kappa shape index (κ2) is 10.2. The minimum Gasteiger partial charge on any atom is -0.445 e. The lowest BCUT2D eigenvalue weighted by Gasteiger charge is -2.21. The highest BCUT2D eigenvalue weighted by molar-refractivity contribution is 5.67. The van der Waals surface area contributed by atoms with Crippen LogP contribution in [0, 0.1) is 0 Å². The van der Waals surface area contributed by atoms with Crippen molar-refractivity contribution in [3.8, 4) is 0 Å². The molecular weight excluding hydrogens is 256 g/mol. The summed E-state index contributed by atoms with van der Waals surface area (Å²) in [5, 5.41) is 3.14. The van der Waals surface area contributed by atoms with E-state index in [1.165, 1.54) is 0 Å². The Morgan fingerprint density at radius 2 is 1.85 bits per heavy atom. The summed E-state index contributed by atoms with van der Waals surface area (Å²) in [7, 11) is 0. The highest BCUT2D eigenvalue weighted by atomic mass is 16.6. The molecule has 0 heterocycles. The molecular formula is C14H24N4O2. The van der Waals surface area contributed by atoms with Crippen LogP contribution in [0.3, 0.4) is 0 Å². The van der Waals surface area contributed by atoms with Crippen molar-refractivity contribution in [2.24, 2.45) is 11.5 Å². The molecule has 1 amide bonds. The van der Waals surface area contributed by atoms with Crippen LogP contribution in [0.1, 0.15) is 5.56 Å². The molecule has 0 aliphatic carbocycles. The van der Waals surface area contributed by atoms with Crippen LogP contribution in [0.25, 0.3) is 0 Å². The van der Waals surface area contributed by atoms with Crippen molar-refractivity contribution in [3.05, 3.63) is 35.9 Å². The van der Waals surface area contributed by atoms with Gasteiger partial charge in [-0.1, -0.05) is 30.3 Å². The van der Waals surface area contributed by atoms with E-state index in [0.29, 0.717) is 32.7 Å². The molecule has 0 aliphatic heterocycles. The van der Waals surface area contributed by atoms with Crippen LogP contribution in [-0.2, 0) is 11.3 Å². The molecule has 0 fully saturated rings. The van der Waals surface area contributed by atoms with E-state index < -0.39 is 0 Å². The van der Waals surface area contributed by atoms with Gasteiger partial charge >= 0.3 is 6.09 Å². The average molecular weight is 280 g/mol. The molecule has 112 valence electrons. The Hall–Kier alpha value is -1.63. The SMILES string of the molecule is NCCNCCN(CCN)C(=O)OCc1ccccc1. The standard InChI is InChI=1S/C14H24N4O2/c15-6-8-17-9-11-18(10-7-16)14(19)20-12-13-4-2-1-3-5-13/h1-5,17H,6-12,15-16H2. The van der Waals surface area contributed by atoms with Crippen molar-refractivity contribution in [2.75, 3.05) is 39.3 Å². The third-order valence-corrected chi connectivity index (χ3v) is 2.74. The first-order valence-electron chi connectivity index (χ1n) is 6.84. The van der Waals surface area contributed by atoms with Crippen LogP contribution in [-0.4, -0.2) is 50.3 Å². The molecule has 0 unspecified atom stereocenters. The Morgan fingerprint density at radius 3 is 2.50 bits per heavy atom. The fourth-order valence-corrected chi connectivity index (χ4v) is 1.70. The smallest absolute Gasteiger partial charge is 0.410 e. The van der Waals surface area contributed by atoms with Crippen LogP contribution >= 0.6 is 0 Å². The lowest BCUT2D eigenvalue weighted by Crippen LogP contribution is -2.40. The third kappa shape index (κ3) is 6.51. The summed E-state index contributed by atoms with van der Waals surface area (Å²) in [6.07, 6.45) is -0.339. The van der Waals surface area contributed by atoms with Crippen LogP contribution in [0.4, 0.5) is 4.79 Å². The monoisotopic (exact) mass is 280 g/mol. The van der Waals surface area contributed by atoms with Gasteiger partial charge in [-0.05, 0) is 5.56 Å². The maximum absolute atomic E-state index is 12.0. The first-order valence-corrected chi connectivity index (χ1v) is 6.84. The maximum Gasteiger partial charge on any atom is 0.410 e. The number of nitrogens with two attached hydrogens (primary N) is 2. The molecule has 0 atom stereocenters. The quantitative estimate of drug-likeness (QED) is 0.559. The van der Waals surface area contributed by atoms with E-state index in [9.17, 15) is 4.79 Å². The predicted molar refractivity (Wildman–Crippen MR) is 79.2 cm³/mol. The summed E-state index contributed by atoms with van der Waals surface area (Å²) in [5.74, 6) is 0. The number of carbonyl (C=O) groups is 1. The fraction of sp³-hybridized carbons (Fsp3) is 0.500. The second-order valence-corrected chi connectivity index (χ2v) is 4.35. The topological polar surface area (TPSA) is 93.6 Å². The Bertz CT molecular complexity index is 373. The molecule has 1 aromatic rings. The summed E-state index contributed by atoms with van der Waals surface area (Å²) in [4.78, 5) is 13.6. The molecule has 1 aromatic carbocycles. The van der Waals surface area contributed by atoms with E-state index in [0.717, 1.165) is 12.1 Å². The van der Waals surface area contributed by atoms with E-state index in [1.807, 2.05) is 30.3 Å². The number of carbonyl (C=O) groups excluding carboxylic acids is 1. The van der Waals surface area contributed by atoms with Gasteiger partial charge in [0.15, 0.2) is 0 Å². The number of ether oxygens (including phenoxy) is 1. The lowest BCUT2D eigenvalue weighted by atomic mass is 10.2. The Kier molecular flexibility index (Phi) is 8.37. The van der Waals surface area contributed by atoms with Crippen molar-refractivity contribution >= 4 is 6.09 Å². The second-order valence-electron chi connectivity index (χ2n) is 4.35. The van der Waals surface area contributed by atoms with Crippen molar-refractivity contribution < 1.29 is 9.53 Å². The summed E-state index contributed by atoms with van der Waals surface area (Å²) >= 11 is 0. The minimum absolute atomic E-state index is 0.275. The molecule has 1 rings (SSSR count). The van der Waals surface area contributed by atoms with Crippen molar-refractivity contribution in [1.29, 1.82) is 0 Å². The zero-order valence-corrected chi connectivity index (χ0v) is 11.8. The van der Waals surface area contributed by atoms with Gasteiger partial charge in [0, 0.05) is 39.3 Å². The zero-order valence-electron chi connectivity index (χ0n) is 11.8. The number of hydrogen-bond donors (Lipinski definition) is 3. The van der Waals surface area contributed by atoms with E-state index in [1.54, 1.807) is 4.90 Å². The Morgan fingerprint density at radius 1 is 1.10 bits per heavy atom. The Balaban J connectivity index is 2.35. The molecule has 20 heavy (non-hydrogen) atoms. The molecule has 6 heteroatoms. The average Bonchev–Trinajstić information content (AvgIpc) is 2.49. The number of benzene rings is 1. The summed E-state index contributed by atoms with van der Waals surface area (Å²) in [5.41, 5.74) is 11.9. The summed E-state index contributed by atoms with van der Waals surface area (Å²) in [6, 6.07) is 9.59. The highest BCUT2D eigenvalue weighted by Crippen LogP contribution is 2.03. The van der Waals surface area contributed by atoms with Crippen LogP contribution in [0.5, 0.6) is 0 Å². The molecule has 0 radical (unpaired) electrons. The van der Waals surface area contributed by atoms with E-state index in [4.69, 9.17) is 16.2 Å². The van der Waals surface area contributed by atoms with Crippen molar-refractivity contribution in [1.82, 2.24) is 10.2 Å². The summed E-state index contributed by atoms with van der Waals surface area (Å²) in [6.45, 7) is 3.72. The predicted octanol–water partition coefficient (Wildman–Crippen LogP) is 0.132. The molecule has 5 N–H and O–H groups in total. The molecule has 0 aromatic heterocycles. The van der Waals surface area contributed by atoms with Gasteiger partial charge < -0.3 is 26.4 Å². The van der Waals surface area contributed by atoms with E-state index in [2.05, 4.69) is 5.32 Å². The molecule has 0 saturated heterocycles. The summed E-state index contributed by atoms with van der Waals surface area (Å²) < 4.78 is 5.28. The molecule has 0 aliphatic rings. The largest absolute Gasteiger partial charge is 0.445 e. The van der Waals surface area contributed by atoms with Gasteiger partial charge in [0.1, 0.15) is 6.61 Å². The Labute approximate surface area is 120 Å². The van der Waals surface area contributed by atoms with Crippen LogP contribution < -0.4 is 16.8 Å². The normalized spacial score (nSPS) is 10.3. The van der Waals surface area contributed by atoms with Crippen LogP contribution in [0.2, 0.25) is 0 Å². The number of rotatable bonds is 9. The van der Waals surface area contributed by atoms with Gasteiger partial charge in [0.2, 0.25) is 0 Å². The van der Waals surface area contributed by atoms with Gasteiger partial charge in [-0.2, -0.15) is 0 Å². The van der Waals surface area contributed by atoms with Crippen molar-refractivity contribution in [2.45, 2.75) is 6.61 Å². The van der Waals surface area contributed by atoms with E-state index in [-0.39, 0.29) is 12.7 Å². The number of nitrogens with zero attached hydrogens (tertiary/aromatic N) is 1. The van der Waals surface area contributed by atoms with Gasteiger partial charge in [0.05, 0.1) is 0 Å². The third-order valence-electron chi connectivity index (χ3n) is 2.74. The first-order chi connectivity index (χ1) is 9.77. The highest BCUT2D eigenvalue weighted by Gasteiger charge is 2.13. The van der Waals surface area contributed by atoms with Gasteiger partial charge in [0.25, 0.3) is 0 Å². The number of nitrogens with one attached hydrogen (secondary N) is 1. The van der Waals surface area contributed by atoms with Gasteiger partial charge in [-0.15, -0.1) is 0 Å². The lowest BCUT2D eigenvalue weighted by molar-refractivity contribution is 0.0974. The van der Waals surface area contributed by atoms with Crippen molar-refractivity contribution in [3.63, 3.8) is 0 Å². The van der Waals surface area contributed by atoms with E-state index >= 15 is 0 Å². The number of amides is 1. The van der Waals surface area contributed by atoms with Gasteiger partial charge in [-0.3, -0.25) is 0 Å². The fourth-order valence-electron chi connectivity index (χ4n) is 1.70. The molecule has 0 saturated carbocycles. The van der Waals surface area contributed by atoms with Gasteiger partial charge in [-0.25, -0.2) is 4.79 Å². The molecule has 0 spiro atoms. The van der Waals surface area contributed by atoms with Crippen LogP contribution in [0.15, 0.2) is 30.3 Å². The molecule has 0 bridgehead atoms. The zero-order chi connectivity index (χ0) is 14.6. The number of hydrogen-bond acceptors (Lipinski definition) is 5.